The van der Waals surface area contributed by atoms with Gasteiger partial charge in [0.15, 0.2) is 6.10 Å². The number of benzene rings is 2. The number of nitrogens with zero attached hydrogens (tertiary/aromatic N) is 5. The second-order valence-corrected chi connectivity index (χ2v) is 7.57. The highest BCUT2D eigenvalue weighted by Gasteiger charge is 2.39. The van der Waals surface area contributed by atoms with Gasteiger partial charge >= 0.3 is 6.18 Å². The number of aromatic nitrogens is 4. The molecule has 2 heterocycles. The summed E-state index contributed by atoms with van der Waals surface area (Å²) in [4.78, 5) is 10.4. The largest absolute Gasteiger partial charge is 0.497 e. The number of alkyl halides is 3. The van der Waals surface area contributed by atoms with Crippen molar-refractivity contribution in [1.82, 2.24) is 19.7 Å². The Morgan fingerprint density at radius 2 is 1.71 bits per heavy atom. The van der Waals surface area contributed by atoms with Gasteiger partial charge in [-0.15, -0.1) is 0 Å². The minimum Gasteiger partial charge on any atom is -0.497 e. The molecule has 8 nitrogen and oxygen atoms in total. The van der Waals surface area contributed by atoms with Crippen LogP contribution in [0, 0.1) is 0 Å². The summed E-state index contributed by atoms with van der Waals surface area (Å²) in [5.41, 5.74) is 3.09. The molecule has 0 spiro atoms. The van der Waals surface area contributed by atoms with Crippen molar-refractivity contribution in [3.63, 3.8) is 0 Å². The molecule has 2 aromatic carbocycles. The summed E-state index contributed by atoms with van der Waals surface area (Å²) in [5, 5.41) is 14.0. The Hall–Kier alpha value is -3.86. The number of anilines is 2. The number of hydrogen-bond acceptors (Lipinski definition) is 7. The van der Waals surface area contributed by atoms with Gasteiger partial charge in [0, 0.05) is 48.4 Å². The van der Waals surface area contributed by atoms with E-state index in [-0.39, 0.29) is 0 Å². The number of rotatable bonds is 7. The van der Waals surface area contributed by atoms with Gasteiger partial charge in [0.1, 0.15) is 11.5 Å². The number of aryl methyl sites for hydroxylation is 1. The minimum atomic E-state index is -4.80. The van der Waals surface area contributed by atoms with Crippen molar-refractivity contribution in [2.45, 2.75) is 12.3 Å². The van der Waals surface area contributed by atoms with Crippen LogP contribution >= 0.6 is 0 Å². The highest BCUT2D eigenvalue weighted by atomic mass is 19.4. The third-order valence-electron chi connectivity index (χ3n) is 5.22. The summed E-state index contributed by atoms with van der Waals surface area (Å²) >= 11 is 0. The molecule has 0 unspecified atom stereocenters. The van der Waals surface area contributed by atoms with Crippen LogP contribution in [0.25, 0.3) is 22.3 Å². The molecule has 1 N–H and O–H groups in total. The molecule has 0 fully saturated rings. The predicted molar refractivity (Wildman–Crippen MR) is 120 cm³/mol. The van der Waals surface area contributed by atoms with Crippen molar-refractivity contribution in [3.05, 3.63) is 55.0 Å². The third-order valence-corrected chi connectivity index (χ3v) is 5.22. The van der Waals surface area contributed by atoms with Crippen molar-refractivity contribution in [2.24, 2.45) is 7.05 Å². The van der Waals surface area contributed by atoms with Crippen LogP contribution in [0.1, 0.15) is 0 Å². The molecule has 0 radical (unpaired) electrons. The van der Waals surface area contributed by atoms with Crippen LogP contribution < -0.4 is 14.4 Å². The standard InChI is InChI=1S/C23H22F3N5O3/c1-30-12-14(10-28-30)21-11-27-19-5-4-15(8-20(19)29-21)31(13-22(32)23(24,25)26)16-6-17(33-2)9-18(7-16)34-3/h4-12,22,32H,13H2,1-3H3/t22-/m1/s1. The zero-order valence-electron chi connectivity index (χ0n) is 18.6. The van der Waals surface area contributed by atoms with Crippen molar-refractivity contribution in [2.75, 3.05) is 25.7 Å². The maximum Gasteiger partial charge on any atom is 0.416 e. The quantitative estimate of drug-likeness (QED) is 0.432. The molecular formula is C23H22F3N5O3. The van der Waals surface area contributed by atoms with Gasteiger partial charge in [-0.1, -0.05) is 0 Å². The minimum absolute atomic E-state index is 0.343. The third kappa shape index (κ3) is 4.88. The molecule has 11 heteroatoms. The van der Waals surface area contributed by atoms with Crippen molar-refractivity contribution < 1.29 is 27.8 Å². The van der Waals surface area contributed by atoms with Gasteiger partial charge < -0.3 is 19.5 Å². The first-order valence-electron chi connectivity index (χ1n) is 10.2. The van der Waals surface area contributed by atoms with Gasteiger partial charge in [0.2, 0.25) is 0 Å². The fraction of sp³-hybridized carbons (Fsp3) is 0.261. The molecule has 0 bridgehead atoms. The lowest BCUT2D eigenvalue weighted by Crippen LogP contribution is -2.39. The summed E-state index contributed by atoms with van der Waals surface area (Å²) in [6, 6.07) is 9.64. The van der Waals surface area contributed by atoms with Gasteiger partial charge in [-0.25, -0.2) is 4.98 Å². The molecule has 0 aliphatic rings. The molecule has 0 saturated heterocycles. The van der Waals surface area contributed by atoms with Crippen LogP contribution in [0.3, 0.4) is 0 Å². The van der Waals surface area contributed by atoms with Crippen LogP contribution in [-0.2, 0) is 7.05 Å². The average Bonchev–Trinajstić information content (AvgIpc) is 3.26. The Morgan fingerprint density at radius 1 is 1.00 bits per heavy atom. The van der Waals surface area contributed by atoms with Crippen molar-refractivity contribution in [1.29, 1.82) is 0 Å². The van der Waals surface area contributed by atoms with E-state index in [1.54, 1.807) is 66.7 Å². The molecule has 0 aliphatic carbocycles. The first-order valence-corrected chi connectivity index (χ1v) is 10.2. The smallest absolute Gasteiger partial charge is 0.416 e. The highest BCUT2D eigenvalue weighted by molar-refractivity contribution is 5.82. The monoisotopic (exact) mass is 473 g/mol. The molecular weight excluding hydrogens is 451 g/mol. The number of aliphatic hydroxyl groups excluding tert-OH is 1. The molecule has 2 aromatic heterocycles. The SMILES string of the molecule is COc1cc(OC)cc(N(C[C@@H](O)C(F)(F)F)c2ccc3ncc(-c4cnn(C)c4)nc3c2)c1. The van der Waals surface area contributed by atoms with Crippen LogP contribution in [0.2, 0.25) is 0 Å². The van der Waals surface area contributed by atoms with Crippen LogP contribution in [0.4, 0.5) is 24.5 Å². The van der Waals surface area contributed by atoms with Gasteiger partial charge in [-0.2, -0.15) is 18.3 Å². The lowest BCUT2D eigenvalue weighted by Gasteiger charge is -2.29. The Kier molecular flexibility index (Phi) is 6.29. The van der Waals surface area contributed by atoms with Crippen molar-refractivity contribution >= 4 is 22.4 Å². The number of ether oxygens (including phenoxy) is 2. The van der Waals surface area contributed by atoms with E-state index in [0.717, 1.165) is 5.56 Å². The Balaban J connectivity index is 1.82. The van der Waals surface area contributed by atoms with E-state index in [1.807, 2.05) is 0 Å². The normalized spacial score (nSPS) is 12.6. The first kappa shape index (κ1) is 23.3. The summed E-state index contributed by atoms with van der Waals surface area (Å²) in [7, 11) is 4.67. The van der Waals surface area contributed by atoms with Crippen molar-refractivity contribution in [3.8, 4) is 22.8 Å². The zero-order valence-corrected chi connectivity index (χ0v) is 18.6. The van der Waals surface area contributed by atoms with E-state index in [4.69, 9.17) is 9.47 Å². The molecule has 0 amide bonds. The molecule has 0 saturated carbocycles. The number of hydrogen-bond donors (Lipinski definition) is 1. The van der Waals surface area contributed by atoms with Crippen LogP contribution in [-0.4, -0.2) is 57.9 Å². The summed E-state index contributed by atoms with van der Waals surface area (Å²) in [6.07, 6.45) is -2.35. The molecule has 34 heavy (non-hydrogen) atoms. The van der Waals surface area contributed by atoms with E-state index in [2.05, 4.69) is 15.1 Å². The topological polar surface area (TPSA) is 85.5 Å². The lowest BCUT2D eigenvalue weighted by molar-refractivity contribution is -0.199. The number of halogens is 3. The van der Waals surface area contributed by atoms with E-state index in [9.17, 15) is 18.3 Å². The maximum atomic E-state index is 13.3. The Labute approximate surface area is 193 Å². The fourth-order valence-corrected chi connectivity index (χ4v) is 3.44. The zero-order chi connectivity index (χ0) is 24.5. The molecule has 0 aliphatic heterocycles. The molecule has 178 valence electrons. The van der Waals surface area contributed by atoms with E-state index in [0.29, 0.717) is 39.6 Å². The second-order valence-electron chi connectivity index (χ2n) is 7.57. The fourth-order valence-electron chi connectivity index (χ4n) is 3.44. The first-order chi connectivity index (χ1) is 16.2. The average molecular weight is 473 g/mol. The van der Waals surface area contributed by atoms with Gasteiger partial charge in [0.25, 0.3) is 0 Å². The van der Waals surface area contributed by atoms with Crippen LogP contribution in [0.15, 0.2) is 55.0 Å². The van der Waals surface area contributed by atoms with Gasteiger partial charge in [-0.05, 0) is 18.2 Å². The van der Waals surface area contributed by atoms with Gasteiger partial charge in [0.05, 0.1) is 49.9 Å². The second kappa shape index (κ2) is 9.18. The highest BCUT2D eigenvalue weighted by Crippen LogP contribution is 2.35. The van der Waals surface area contributed by atoms with E-state index < -0.39 is 18.8 Å². The summed E-state index contributed by atoms with van der Waals surface area (Å²) < 4.78 is 52.0. The number of aliphatic hydroxyl groups is 1. The Morgan fingerprint density at radius 3 is 2.29 bits per heavy atom. The molecule has 4 aromatic rings. The molecule has 1 atom stereocenters. The predicted octanol–water partition coefficient (Wildman–Crippen LogP) is 4.11. The lowest BCUT2D eigenvalue weighted by atomic mass is 10.1. The Bertz CT molecular complexity index is 1290. The van der Waals surface area contributed by atoms with E-state index >= 15 is 0 Å². The maximum absolute atomic E-state index is 13.3. The number of fused-ring (bicyclic) bond motifs is 1. The molecule has 4 rings (SSSR count). The van der Waals surface area contributed by atoms with Gasteiger partial charge in [-0.3, -0.25) is 9.67 Å². The number of methoxy groups -OCH3 is 2. The summed E-state index contributed by atoms with van der Waals surface area (Å²) in [5.74, 6) is 0.778. The summed E-state index contributed by atoms with van der Waals surface area (Å²) in [6.45, 7) is -0.749. The van der Waals surface area contributed by atoms with Crippen LogP contribution in [0.5, 0.6) is 11.5 Å². The van der Waals surface area contributed by atoms with E-state index in [1.165, 1.54) is 19.1 Å².